The van der Waals surface area contributed by atoms with E-state index in [4.69, 9.17) is 4.99 Å². The van der Waals surface area contributed by atoms with Gasteiger partial charge in [0.2, 0.25) is 0 Å². The topological polar surface area (TPSA) is 34.1 Å². The molecule has 0 unspecified atom stereocenters. The molecule has 0 bridgehead atoms. The number of likely N-dealkylation sites (N-methyl/N-ethyl adjacent to an activating group) is 1. The zero-order chi connectivity index (χ0) is 17.3. The lowest BCUT2D eigenvalue weighted by atomic mass is 10.1. The van der Waals surface area contributed by atoms with E-state index in [0.717, 1.165) is 37.8 Å². The van der Waals surface area contributed by atoms with Gasteiger partial charge in [-0.1, -0.05) is 25.1 Å². The molecule has 5 nitrogen and oxygen atoms in total. The Morgan fingerprint density at radius 2 is 1.58 bits per heavy atom. The minimum atomic E-state index is 0. The number of hydrogen-bond acceptors (Lipinski definition) is 3. The molecule has 0 saturated carbocycles. The monoisotopic (exact) mass is 471 g/mol. The van der Waals surface area contributed by atoms with Crippen molar-refractivity contribution in [2.45, 2.75) is 26.2 Å². The second-order valence-electron chi connectivity index (χ2n) is 7.02. The van der Waals surface area contributed by atoms with E-state index in [1.165, 1.54) is 52.0 Å². The Bertz CT molecular complexity index is 522. The Hall–Kier alpha value is -0.860. The summed E-state index contributed by atoms with van der Waals surface area (Å²) in [5.74, 6) is 1.05. The maximum Gasteiger partial charge on any atom is 0.198 e. The van der Waals surface area contributed by atoms with Gasteiger partial charge in [0.05, 0.1) is 6.54 Å². The van der Waals surface area contributed by atoms with E-state index < -0.39 is 0 Å². The maximum absolute atomic E-state index is 4.95. The summed E-state index contributed by atoms with van der Waals surface area (Å²) in [6.45, 7) is 12.3. The van der Waals surface area contributed by atoms with Crippen molar-refractivity contribution in [2.75, 3.05) is 64.2 Å². The molecule has 2 fully saturated rings. The Labute approximate surface area is 175 Å². The number of nitrogens with one attached hydrogen (secondary N) is 1. The molecule has 2 aliphatic heterocycles. The van der Waals surface area contributed by atoms with E-state index in [-0.39, 0.29) is 24.0 Å². The second kappa shape index (κ2) is 11.8. The number of piperazine rings is 1. The van der Waals surface area contributed by atoms with Crippen LogP contribution in [-0.4, -0.2) is 79.6 Å². The number of rotatable bonds is 5. The first kappa shape index (κ1) is 21.4. The number of para-hydroxylation sites is 1. The lowest BCUT2D eigenvalue weighted by Crippen LogP contribution is -2.47. The van der Waals surface area contributed by atoms with Gasteiger partial charge in [0.15, 0.2) is 5.96 Å². The zero-order valence-electron chi connectivity index (χ0n) is 16.1. The van der Waals surface area contributed by atoms with Gasteiger partial charge < -0.3 is 15.1 Å². The van der Waals surface area contributed by atoms with Crippen molar-refractivity contribution in [1.29, 1.82) is 0 Å². The van der Waals surface area contributed by atoms with Crippen LogP contribution in [0.1, 0.15) is 26.2 Å². The molecule has 0 aromatic heterocycles. The van der Waals surface area contributed by atoms with Gasteiger partial charge in [0, 0.05) is 51.5 Å². The highest BCUT2D eigenvalue weighted by Gasteiger charge is 2.17. The van der Waals surface area contributed by atoms with Crippen molar-refractivity contribution >= 4 is 35.6 Å². The van der Waals surface area contributed by atoms with Crippen LogP contribution in [0.5, 0.6) is 0 Å². The van der Waals surface area contributed by atoms with E-state index in [1.54, 1.807) is 0 Å². The van der Waals surface area contributed by atoms with Gasteiger partial charge in [-0.25, -0.2) is 0 Å². The fourth-order valence-corrected chi connectivity index (χ4v) is 3.60. The van der Waals surface area contributed by atoms with Gasteiger partial charge in [-0.3, -0.25) is 9.89 Å². The van der Waals surface area contributed by atoms with Gasteiger partial charge in [0.25, 0.3) is 0 Å². The highest BCUT2D eigenvalue weighted by Crippen LogP contribution is 2.12. The zero-order valence-corrected chi connectivity index (χ0v) is 18.4. The van der Waals surface area contributed by atoms with Crippen LogP contribution in [0.15, 0.2) is 35.3 Å². The molecule has 3 rings (SSSR count). The quantitative estimate of drug-likeness (QED) is 0.407. The second-order valence-corrected chi connectivity index (χ2v) is 7.02. The normalized spacial score (nSPS) is 19.9. The fourth-order valence-electron chi connectivity index (χ4n) is 3.60. The molecule has 0 spiro atoms. The molecule has 0 aliphatic carbocycles. The number of anilines is 1. The third kappa shape index (κ3) is 6.70. The van der Waals surface area contributed by atoms with Crippen LogP contribution in [-0.2, 0) is 0 Å². The molecular formula is C20H34IN5. The highest BCUT2D eigenvalue weighted by atomic mass is 127. The Kier molecular flexibility index (Phi) is 9.71. The van der Waals surface area contributed by atoms with Crippen LogP contribution < -0.4 is 5.32 Å². The third-order valence-corrected chi connectivity index (χ3v) is 5.28. The number of halogens is 1. The van der Waals surface area contributed by atoms with Gasteiger partial charge in [-0.15, -0.1) is 24.0 Å². The van der Waals surface area contributed by atoms with Crippen LogP contribution in [0.25, 0.3) is 0 Å². The van der Waals surface area contributed by atoms with Crippen molar-refractivity contribution in [1.82, 2.24) is 14.7 Å². The number of piperidine rings is 1. The van der Waals surface area contributed by atoms with Gasteiger partial charge >= 0.3 is 0 Å². The Morgan fingerprint density at radius 1 is 0.923 bits per heavy atom. The summed E-state index contributed by atoms with van der Waals surface area (Å²) in [4.78, 5) is 12.4. The van der Waals surface area contributed by atoms with E-state index in [1.807, 2.05) is 0 Å². The molecule has 0 radical (unpaired) electrons. The number of likely N-dealkylation sites (tertiary alicyclic amines) is 1. The first-order valence-electron chi connectivity index (χ1n) is 9.91. The van der Waals surface area contributed by atoms with Crippen molar-refractivity contribution in [2.24, 2.45) is 4.99 Å². The fraction of sp³-hybridized carbons (Fsp3) is 0.650. The SMILES string of the molecule is CCN1CCN(CCN=C(Nc2ccccc2)N2CCCCC2)CC1.I. The van der Waals surface area contributed by atoms with Crippen LogP contribution >= 0.6 is 24.0 Å². The summed E-state index contributed by atoms with van der Waals surface area (Å²) in [5.41, 5.74) is 1.13. The van der Waals surface area contributed by atoms with Crippen LogP contribution in [0.4, 0.5) is 5.69 Å². The number of aliphatic imine (C=N–C) groups is 1. The molecule has 6 heteroatoms. The molecule has 2 aliphatic rings. The molecular weight excluding hydrogens is 437 g/mol. The highest BCUT2D eigenvalue weighted by molar-refractivity contribution is 14.0. The molecule has 1 N–H and O–H groups in total. The standard InChI is InChI=1S/C20H33N5.HI/c1-2-23-15-17-24(18-16-23)14-11-21-20(25-12-7-4-8-13-25)22-19-9-5-3-6-10-19;/h3,5-6,9-10H,2,4,7-8,11-18H2,1H3,(H,21,22);1H. The summed E-state index contributed by atoms with van der Waals surface area (Å²) >= 11 is 0. The van der Waals surface area contributed by atoms with Gasteiger partial charge in [-0.2, -0.15) is 0 Å². The number of nitrogens with zero attached hydrogens (tertiary/aromatic N) is 4. The number of benzene rings is 1. The minimum Gasteiger partial charge on any atom is -0.343 e. The molecule has 1 aromatic rings. The molecule has 2 saturated heterocycles. The van der Waals surface area contributed by atoms with Gasteiger partial charge in [-0.05, 0) is 37.9 Å². The third-order valence-electron chi connectivity index (χ3n) is 5.28. The molecule has 26 heavy (non-hydrogen) atoms. The lowest BCUT2D eigenvalue weighted by Gasteiger charge is -2.34. The predicted molar refractivity (Wildman–Crippen MR) is 122 cm³/mol. The predicted octanol–water partition coefficient (Wildman–Crippen LogP) is 3.20. The minimum absolute atomic E-state index is 0. The summed E-state index contributed by atoms with van der Waals surface area (Å²) in [6.07, 6.45) is 3.89. The smallest absolute Gasteiger partial charge is 0.198 e. The summed E-state index contributed by atoms with van der Waals surface area (Å²) in [7, 11) is 0. The summed E-state index contributed by atoms with van der Waals surface area (Å²) in [6, 6.07) is 10.4. The number of hydrogen-bond donors (Lipinski definition) is 1. The average Bonchev–Trinajstić information content (AvgIpc) is 2.69. The Balaban J connectivity index is 0.00000243. The van der Waals surface area contributed by atoms with E-state index >= 15 is 0 Å². The van der Waals surface area contributed by atoms with Gasteiger partial charge in [0.1, 0.15) is 0 Å². The largest absolute Gasteiger partial charge is 0.343 e. The Morgan fingerprint density at radius 3 is 2.23 bits per heavy atom. The van der Waals surface area contributed by atoms with Crippen molar-refractivity contribution in [3.8, 4) is 0 Å². The molecule has 0 amide bonds. The molecule has 146 valence electrons. The van der Waals surface area contributed by atoms with E-state index in [2.05, 4.69) is 57.3 Å². The molecule has 2 heterocycles. The van der Waals surface area contributed by atoms with E-state index in [0.29, 0.717) is 0 Å². The number of guanidine groups is 1. The van der Waals surface area contributed by atoms with Crippen LogP contribution in [0.3, 0.4) is 0 Å². The maximum atomic E-state index is 4.95. The van der Waals surface area contributed by atoms with Crippen molar-refractivity contribution in [3.63, 3.8) is 0 Å². The first-order valence-corrected chi connectivity index (χ1v) is 9.91. The molecule has 0 atom stereocenters. The van der Waals surface area contributed by atoms with Crippen LogP contribution in [0, 0.1) is 0 Å². The van der Waals surface area contributed by atoms with Crippen LogP contribution in [0.2, 0.25) is 0 Å². The van der Waals surface area contributed by atoms with Crippen molar-refractivity contribution < 1.29 is 0 Å². The molecule has 1 aromatic carbocycles. The first-order chi connectivity index (χ1) is 12.3. The average molecular weight is 471 g/mol. The van der Waals surface area contributed by atoms with E-state index in [9.17, 15) is 0 Å². The van der Waals surface area contributed by atoms with Crippen molar-refractivity contribution in [3.05, 3.63) is 30.3 Å². The lowest BCUT2D eigenvalue weighted by molar-refractivity contribution is 0.140. The summed E-state index contributed by atoms with van der Waals surface area (Å²) < 4.78 is 0. The summed E-state index contributed by atoms with van der Waals surface area (Å²) in [5, 5.41) is 3.55.